The number of H-pyrrole nitrogens is 1. The molecule has 5 nitrogen and oxygen atoms in total. The van der Waals surface area contributed by atoms with E-state index in [2.05, 4.69) is 22.4 Å². The molecule has 0 atom stereocenters. The van der Waals surface area contributed by atoms with Crippen molar-refractivity contribution in [3.8, 4) is 11.5 Å². The van der Waals surface area contributed by atoms with Crippen LogP contribution in [0.3, 0.4) is 0 Å². The fourth-order valence-electron chi connectivity index (χ4n) is 2.90. The van der Waals surface area contributed by atoms with Crippen molar-refractivity contribution in [3.05, 3.63) is 60.3 Å². The van der Waals surface area contributed by atoms with Gasteiger partial charge in [0.25, 0.3) is 0 Å². The molecular weight excluding hydrogens is 328 g/mol. The third kappa shape index (κ3) is 4.79. The minimum Gasteiger partial charge on any atom is -0.497 e. The number of benzene rings is 2. The number of methoxy groups -OCH3 is 1. The maximum absolute atomic E-state index is 11.9. The van der Waals surface area contributed by atoms with Gasteiger partial charge in [0.1, 0.15) is 18.1 Å². The number of aryl methyl sites for hydroxylation is 1. The van der Waals surface area contributed by atoms with Crippen LogP contribution in [-0.2, 0) is 11.2 Å². The summed E-state index contributed by atoms with van der Waals surface area (Å²) in [5.74, 6) is 1.61. The molecule has 0 aliphatic carbocycles. The highest BCUT2D eigenvalue weighted by Crippen LogP contribution is 2.19. The molecule has 0 saturated carbocycles. The number of hydrogen-bond acceptors (Lipinski definition) is 3. The molecule has 0 unspecified atom stereocenters. The Labute approximate surface area is 153 Å². The Balaban J connectivity index is 1.33. The average Bonchev–Trinajstić information content (AvgIpc) is 3.09. The molecule has 3 aromatic rings. The van der Waals surface area contributed by atoms with E-state index in [1.165, 1.54) is 10.9 Å². The quantitative estimate of drug-likeness (QED) is 0.577. The van der Waals surface area contributed by atoms with Gasteiger partial charge in [-0.2, -0.15) is 0 Å². The van der Waals surface area contributed by atoms with Crippen LogP contribution in [0.25, 0.3) is 10.9 Å². The summed E-state index contributed by atoms with van der Waals surface area (Å²) in [6, 6.07) is 15.6. The number of amides is 1. The van der Waals surface area contributed by atoms with E-state index >= 15 is 0 Å². The topological polar surface area (TPSA) is 63.4 Å². The van der Waals surface area contributed by atoms with Crippen molar-refractivity contribution in [1.82, 2.24) is 10.3 Å². The predicted molar refractivity (Wildman–Crippen MR) is 103 cm³/mol. The van der Waals surface area contributed by atoms with Crippen molar-refractivity contribution in [2.45, 2.75) is 19.3 Å². The number of carbonyl (C=O) groups excluding carboxylic acids is 1. The van der Waals surface area contributed by atoms with Crippen molar-refractivity contribution in [3.63, 3.8) is 0 Å². The second-order valence-electron chi connectivity index (χ2n) is 6.09. The maximum Gasteiger partial charge on any atom is 0.220 e. The number of carbonyl (C=O) groups is 1. The lowest BCUT2D eigenvalue weighted by atomic mass is 10.1. The SMILES string of the molecule is COc1ccc(OCCNC(=O)CCCc2c[nH]c3ccccc23)cc1. The van der Waals surface area contributed by atoms with Crippen LogP contribution < -0.4 is 14.8 Å². The lowest BCUT2D eigenvalue weighted by Crippen LogP contribution is -2.27. The lowest BCUT2D eigenvalue weighted by molar-refractivity contribution is -0.121. The Morgan fingerprint density at radius 2 is 1.85 bits per heavy atom. The number of rotatable bonds is 9. The predicted octanol–water partition coefficient (Wildman–Crippen LogP) is 3.69. The van der Waals surface area contributed by atoms with Gasteiger partial charge in [0.2, 0.25) is 5.91 Å². The molecule has 0 saturated heterocycles. The second-order valence-corrected chi connectivity index (χ2v) is 6.09. The first-order valence-electron chi connectivity index (χ1n) is 8.85. The van der Waals surface area contributed by atoms with E-state index in [9.17, 15) is 4.79 Å². The summed E-state index contributed by atoms with van der Waals surface area (Å²) in [5, 5.41) is 4.13. The van der Waals surface area contributed by atoms with E-state index in [1.807, 2.05) is 42.6 Å². The molecule has 0 bridgehead atoms. The van der Waals surface area contributed by atoms with Crippen molar-refractivity contribution in [1.29, 1.82) is 0 Å². The summed E-state index contributed by atoms with van der Waals surface area (Å²) in [5.41, 5.74) is 2.40. The van der Waals surface area contributed by atoms with Crippen LogP contribution in [0.4, 0.5) is 0 Å². The van der Waals surface area contributed by atoms with Crippen molar-refractivity contribution in [2.24, 2.45) is 0 Å². The van der Waals surface area contributed by atoms with Gasteiger partial charge in [-0.05, 0) is 48.7 Å². The molecule has 3 rings (SSSR count). The molecule has 1 heterocycles. The number of para-hydroxylation sites is 1. The van der Waals surface area contributed by atoms with Gasteiger partial charge in [0.15, 0.2) is 0 Å². The molecule has 0 radical (unpaired) electrons. The Morgan fingerprint density at radius 3 is 2.65 bits per heavy atom. The molecule has 0 aliphatic rings. The third-order valence-corrected chi connectivity index (χ3v) is 4.28. The second kappa shape index (κ2) is 8.94. The minimum atomic E-state index is 0.0585. The van der Waals surface area contributed by atoms with E-state index in [4.69, 9.17) is 9.47 Å². The van der Waals surface area contributed by atoms with Gasteiger partial charge in [-0.15, -0.1) is 0 Å². The van der Waals surface area contributed by atoms with Gasteiger partial charge in [-0.3, -0.25) is 4.79 Å². The fraction of sp³-hybridized carbons (Fsp3) is 0.286. The van der Waals surface area contributed by atoms with Crippen LogP contribution in [0.2, 0.25) is 0 Å². The van der Waals surface area contributed by atoms with Gasteiger partial charge >= 0.3 is 0 Å². The van der Waals surface area contributed by atoms with Gasteiger partial charge in [-0.1, -0.05) is 18.2 Å². The Kier molecular flexibility index (Phi) is 6.14. The van der Waals surface area contributed by atoms with Crippen LogP contribution in [0, 0.1) is 0 Å². The summed E-state index contributed by atoms with van der Waals surface area (Å²) >= 11 is 0. The first-order chi connectivity index (χ1) is 12.8. The summed E-state index contributed by atoms with van der Waals surface area (Å²) in [4.78, 5) is 15.2. The zero-order valence-electron chi connectivity index (χ0n) is 15.0. The molecular formula is C21H24N2O3. The van der Waals surface area contributed by atoms with Crippen LogP contribution in [0.5, 0.6) is 11.5 Å². The molecule has 0 aliphatic heterocycles. The van der Waals surface area contributed by atoms with Crippen molar-refractivity contribution in [2.75, 3.05) is 20.3 Å². The van der Waals surface area contributed by atoms with E-state index in [0.29, 0.717) is 19.6 Å². The summed E-state index contributed by atoms with van der Waals surface area (Å²) in [6.07, 6.45) is 4.26. The molecule has 136 valence electrons. The standard InChI is InChI=1S/C21H24N2O3/c1-25-17-9-11-18(12-10-17)26-14-13-22-21(24)8-4-5-16-15-23-20-7-3-2-6-19(16)20/h2-3,6-7,9-12,15,23H,4-5,8,13-14H2,1H3,(H,22,24). The largest absolute Gasteiger partial charge is 0.497 e. The number of aromatic nitrogens is 1. The number of hydrogen-bond donors (Lipinski definition) is 2. The molecule has 1 aromatic heterocycles. The normalized spacial score (nSPS) is 10.7. The number of aromatic amines is 1. The smallest absolute Gasteiger partial charge is 0.220 e. The first-order valence-corrected chi connectivity index (χ1v) is 8.85. The molecule has 26 heavy (non-hydrogen) atoms. The highest BCUT2D eigenvalue weighted by atomic mass is 16.5. The average molecular weight is 352 g/mol. The summed E-state index contributed by atoms with van der Waals surface area (Å²) in [7, 11) is 1.63. The van der Waals surface area contributed by atoms with E-state index in [1.54, 1.807) is 7.11 Å². The van der Waals surface area contributed by atoms with E-state index in [-0.39, 0.29) is 5.91 Å². The molecule has 2 N–H and O–H groups in total. The zero-order valence-corrected chi connectivity index (χ0v) is 15.0. The monoisotopic (exact) mass is 352 g/mol. The number of fused-ring (bicyclic) bond motifs is 1. The third-order valence-electron chi connectivity index (χ3n) is 4.28. The highest BCUT2D eigenvalue weighted by Gasteiger charge is 2.05. The van der Waals surface area contributed by atoms with Crippen LogP contribution in [0.1, 0.15) is 18.4 Å². The van der Waals surface area contributed by atoms with Crippen molar-refractivity contribution >= 4 is 16.8 Å². The molecule has 5 heteroatoms. The molecule has 0 fully saturated rings. The Hall–Kier alpha value is -2.95. The van der Waals surface area contributed by atoms with Gasteiger partial charge in [0.05, 0.1) is 13.7 Å². The Morgan fingerprint density at radius 1 is 1.08 bits per heavy atom. The van der Waals surface area contributed by atoms with Crippen LogP contribution in [0.15, 0.2) is 54.7 Å². The van der Waals surface area contributed by atoms with Gasteiger partial charge < -0.3 is 19.8 Å². The maximum atomic E-state index is 11.9. The molecule has 0 spiro atoms. The first kappa shape index (κ1) is 17.9. The van der Waals surface area contributed by atoms with E-state index in [0.717, 1.165) is 29.9 Å². The summed E-state index contributed by atoms with van der Waals surface area (Å²) in [6.45, 7) is 0.943. The highest BCUT2D eigenvalue weighted by molar-refractivity contribution is 5.83. The number of nitrogens with one attached hydrogen (secondary N) is 2. The zero-order chi connectivity index (χ0) is 18.2. The number of ether oxygens (including phenoxy) is 2. The van der Waals surface area contributed by atoms with E-state index < -0.39 is 0 Å². The lowest BCUT2D eigenvalue weighted by Gasteiger charge is -2.08. The Bertz CT molecular complexity index is 840. The van der Waals surface area contributed by atoms with Gasteiger partial charge in [0, 0.05) is 23.5 Å². The van der Waals surface area contributed by atoms with Crippen LogP contribution in [-0.4, -0.2) is 31.2 Å². The summed E-state index contributed by atoms with van der Waals surface area (Å²) < 4.78 is 10.7. The molecule has 2 aromatic carbocycles. The molecule has 1 amide bonds. The minimum absolute atomic E-state index is 0.0585. The fourth-order valence-corrected chi connectivity index (χ4v) is 2.90. The van der Waals surface area contributed by atoms with Gasteiger partial charge in [-0.25, -0.2) is 0 Å². The van der Waals surface area contributed by atoms with Crippen molar-refractivity contribution < 1.29 is 14.3 Å². The van der Waals surface area contributed by atoms with Crippen LogP contribution >= 0.6 is 0 Å².